The lowest BCUT2D eigenvalue weighted by atomic mass is 10.1. The molecule has 1 aromatic heterocycles. The van der Waals surface area contributed by atoms with Crippen molar-refractivity contribution in [1.29, 1.82) is 0 Å². The lowest BCUT2D eigenvalue weighted by molar-refractivity contribution is -0.895. The van der Waals surface area contributed by atoms with Gasteiger partial charge in [0.1, 0.15) is 6.54 Å². The molecule has 0 saturated carbocycles. The lowest BCUT2D eigenvalue weighted by Crippen LogP contribution is -3.15. The normalized spacial score (nSPS) is 16.6. The van der Waals surface area contributed by atoms with E-state index in [0.29, 0.717) is 37.7 Å². The molecule has 6 nitrogen and oxygen atoms in total. The van der Waals surface area contributed by atoms with Crippen molar-refractivity contribution in [3.63, 3.8) is 0 Å². The van der Waals surface area contributed by atoms with Crippen molar-refractivity contribution in [2.24, 2.45) is 7.05 Å². The van der Waals surface area contributed by atoms with Gasteiger partial charge in [-0.05, 0) is 38.1 Å². The number of Topliss-reactive ketones (excluding diaryl/α,β-unsaturated/α-hetero) is 1. The van der Waals surface area contributed by atoms with Crippen LogP contribution in [0.4, 0.5) is 0 Å². The number of carbonyl (C=O) groups excluding carboxylic acids is 1. The van der Waals surface area contributed by atoms with Gasteiger partial charge in [0, 0.05) is 29.0 Å². The average molecular weight is 411 g/mol. The quantitative estimate of drug-likeness (QED) is 0.750. The number of sulfonamides is 1. The first-order valence-electron chi connectivity index (χ1n) is 8.95. The first-order chi connectivity index (χ1) is 12.7. The van der Waals surface area contributed by atoms with Gasteiger partial charge in [0.25, 0.3) is 0 Å². The van der Waals surface area contributed by atoms with E-state index in [4.69, 9.17) is 11.6 Å². The summed E-state index contributed by atoms with van der Waals surface area (Å²) in [6.45, 7) is 6.32. The molecule has 1 fully saturated rings. The highest BCUT2D eigenvalue weighted by molar-refractivity contribution is 7.89. The largest absolute Gasteiger partial charge is 0.351 e. The molecule has 1 aliphatic heterocycles. The number of hydrogen-bond donors (Lipinski definition) is 1. The zero-order valence-electron chi connectivity index (χ0n) is 15.8. The van der Waals surface area contributed by atoms with Gasteiger partial charge in [-0.25, -0.2) is 8.42 Å². The molecule has 8 heteroatoms. The molecule has 0 radical (unpaired) electrons. The summed E-state index contributed by atoms with van der Waals surface area (Å²) in [5.74, 6) is 0.109. The molecular weight excluding hydrogens is 386 g/mol. The molecule has 0 atom stereocenters. The molecule has 0 amide bonds. The fourth-order valence-corrected chi connectivity index (χ4v) is 5.20. The maximum atomic E-state index is 12.8. The smallest absolute Gasteiger partial charge is 0.243 e. The Kier molecular flexibility index (Phi) is 5.76. The number of ketones is 1. The second-order valence-corrected chi connectivity index (χ2v) is 9.43. The Morgan fingerprint density at radius 2 is 1.85 bits per heavy atom. The molecule has 2 aromatic rings. The Balaban J connectivity index is 1.63. The molecule has 1 N–H and O–H groups in total. The highest BCUT2D eigenvalue weighted by atomic mass is 35.5. The number of piperazine rings is 1. The molecule has 0 unspecified atom stereocenters. The second-order valence-electron chi connectivity index (χ2n) is 7.06. The van der Waals surface area contributed by atoms with Gasteiger partial charge in [-0.15, -0.1) is 0 Å². The molecule has 146 valence electrons. The van der Waals surface area contributed by atoms with Crippen molar-refractivity contribution in [2.75, 3.05) is 32.7 Å². The van der Waals surface area contributed by atoms with Crippen LogP contribution in [0.25, 0.3) is 0 Å². The Labute approximate surface area is 165 Å². The molecule has 1 saturated heterocycles. The molecule has 1 aliphatic rings. The average Bonchev–Trinajstić information content (AvgIpc) is 2.90. The van der Waals surface area contributed by atoms with Crippen LogP contribution in [0.1, 0.15) is 21.7 Å². The molecule has 0 aliphatic carbocycles. The van der Waals surface area contributed by atoms with Crippen LogP contribution in [0.3, 0.4) is 0 Å². The third-order valence-electron chi connectivity index (χ3n) is 5.35. The summed E-state index contributed by atoms with van der Waals surface area (Å²) >= 11 is 5.93. The Hall–Kier alpha value is -1.67. The fourth-order valence-electron chi connectivity index (χ4n) is 3.46. The second kappa shape index (κ2) is 7.75. The summed E-state index contributed by atoms with van der Waals surface area (Å²) in [7, 11) is -1.60. The lowest BCUT2D eigenvalue weighted by Gasteiger charge is -2.31. The molecule has 1 aromatic carbocycles. The minimum Gasteiger partial charge on any atom is -0.351 e. The standard InChI is InChI=1S/C19H24ClN3O3S/c1-14-11-18(15(2)21(14)3)19(24)13-22-7-9-23(10-8-22)27(25,26)17-6-4-5-16(20)12-17/h4-6,11-12H,7-10,13H2,1-3H3/p+1. The number of halogens is 1. The molecule has 27 heavy (non-hydrogen) atoms. The highest BCUT2D eigenvalue weighted by Gasteiger charge is 2.31. The number of rotatable bonds is 5. The van der Waals surface area contributed by atoms with Crippen LogP contribution in [0.2, 0.25) is 5.02 Å². The zero-order valence-corrected chi connectivity index (χ0v) is 17.4. The van der Waals surface area contributed by atoms with Gasteiger partial charge < -0.3 is 9.47 Å². The number of hydrogen-bond acceptors (Lipinski definition) is 3. The summed E-state index contributed by atoms with van der Waals surface area (Å²) in [4.78, 5) is 14.0. The summed E-state index contributed by atoms with van der Waals surface area (Å²) in [6, 6.07) is 8.25. The van der Waals surface area contributed by atoms with Crippen molar-refractivity contribution in [2.45, 2.75) is 18.7 Å². The van der Waals surface area contributed by atoms with Crippen molar-refractivity contribution >= 4 is 27.4 Å². The van der Waals surface area contributed by atoms with E-state index in [1.165, 1.54) is 10.4 Å². The summed E-state index contributed by atoms with van der Waals surface area (Å²) in [6.07, 6.45) is 0. The fraction of sp³-hybridized carbons (Fsp3) is 0.421. The number of carbonyl (C=O) groups is 1. The van der Waals surface area contributed by atoms with Gasteiger partial charge in [-0.1, -0.05) is 17.7 Å². The Morgan fingerprint density at radius 3 is 2.41 bits per heavy atom. The number of quaternary nitrogens is 1. The number of aryl methyl sites for hydroxylation is 1. The van der Waals surface area contributed by atoms with Crippen LogP contribution < -0.4 is 4.90 Å². The van der Waals surface area contributed by atoms with Gasteiger partial charge >= 0.3 is 0 Å². The third-order valence-corrected chi connectivity index (χ3v) is 7.48. The maximum Gasteiger partial charge on any atom is 0.243 e. The zero-order chi connectivity index (χ0) is 19.8. The number of benzene rings is 1. The topological polar surface area (TPSA) is 63.8 Å². The van der Waals surface area contributed by atoms with E-state index in [0.717, 1.165) is 21.9 Å². The minimum atomic E-state index is -3.55. The van der Waals surface area contributed by atoms with E-state index in [9.17, 15) is 13.2 Å². The summed E-state index contributed by atoms with van der Waals surface area (Å²) < 4.78 is 29.0. The van der Waals surface area contributed by atoms with E-state index in [2.05, 4.69) is 0 Å². The molecule has 2 heterocycles. The Morgan fingerprint density at radius 1 is 1.19 bits per heavy atom. The van der Waals surface area contributed by atoms with Crippen molar-refractivity contribution in [3.05, 3.63) is 52.3 Å². The van der Waals surface area contributed by atoms with E-state index in [1.807, 2.05) is 31.5 Å². The van der Waals surface area contributed by atoms with Crippen LogP contribution in [-0.4, -0.2) is 55.8 Å². The van der Waals surface area contributed by atoms with Crippen molar-refractivity contribution < 1.29 is 18.1 Å². The van der Waals surface area contributed by atoms with Gasteiger partial charge in [0.05, 0.1) is 31.1 Å². The van der Waals surface area contributed by atoms with Crippen molar-refractivity contribution in [3.8, 4) is 0 Å². The Bertz CT molecular complexity index is 961. The van der Waals surface area contributed by atoms with Gasteiger partial charge in [-0.2, -0.15) is 4.31 Å². The van der Waals surface area contributed by atoms with E-state index < -0.39 is 10.0 Å². The molecule has 0 spiro atoms. The predicted octanol–water partition coefficient (Wildman–Crippen LogP) is 1.07. The van der Waals surface area contributed by atoms with Crippen LogP contribution in [0.5, 0.6) is 0 Å². The van der Waals surface area contributed by atoms with Gasteiger partial charge in [0.15, 0.2) is 0 Å². The highest BCUT2D eigenvalue weighted by Crippen LogP contribution is 2.19. The van der Waals surface area contributed by atoms with E-state index in [1.54, 1.807) is 18.2 Å². The van der Waals surface area contributed by atoms with Crippen molar-refractivity contribution in [1.82, 2.24) is 8.87 Å². The number of aromatic nitrogens is 1. The maximum absolute atomic E-state index is 12.8. The first-order valence-corrected chi connectivity index (χ1v) is 10.8. The van der Waals surface area contributed by atoms with Crippen LogP contribution in [-0.2, 0) is 17.1 Å². The molecule has 3 rings (SSSR count). The van der Waals surface area contributed by atoms with Crippen LogP contribution >= 0.6 is 11.6 Å². The monoisotopic (exact) mass is 410 g/mol. The number of nitrogens with one attached hydrogen (secondary N) is 1. The summed E-state index contributed by atoms with van der Waals surface area (Å²) in [5.41, 5.74) is 2.79. The molecular formula is C19H25ClN3O3S+. The van der Waals surface area contributed by atoms with Crippen LogP contribution in [0.15, 0.2) is 35.2 Å². The predicted molar refractivity (Wildman–Crippen MR) is 105 cm³/mol. The van der Waals surface area contributed by atoms with Crippen LogP contribution in [0, 0.1) is 13.8 Å². The van der Waals surface area contributed by atoms with Gasteiger partial charge in [0.2, 0.25) is 15.8 Å². The first kappa shape index (κ1) is 20.1. The third kappa shape index (κ3) is 4.11. The van der Waals surface area contributed by atoms with E-state index in [-0.39, 0.29) is 10.7 Å². The SMILES string of the molecule is Cc1cc(C(=O)C[NH+]2CCN(S(=O)(=O)c3cccc(Cl)c3)CC2)c(C)n1C. The number of nitrogens with zero attached hydrogens (tertiary/aromatic N) is 2. The summed E-state index contributed by atoms with van der Waals surface area (Å²) in [5, 5.41) is 0.402. The minimum absolute atomic E-state index is 0.109. The van der Waals surface area contributed by atoms with E-state index >= 15 is 0 Å². The van der Waals surface area contributed by atoms with Gasteiger partial charge in [-0.3, -0.25) is 4.79 Å². The molecule has 0 bridgehead atoms.